The zero-order valence-electron chi connectivity index (χ0n) is 20.7. The molecule has 3 rings (SSSR count). The van der Waals surface area contributed by atoms with Crippen molar-refractivity contribution in [2.24, 2.45) is 0 Å². The summed E-state index contributed by atoms with van der Waals surface area (Å²) >= 11 is 0. The molecule has 0 saturated heterocycles. The highest BCUT2D eigenvalue weighted by molar-refractivity contribution is 6.01. The Labute approximate surface area is 215 Å². The first-order chi connectivity index (χ1) is 17.9. The Morgan fingerprint density at radius 2 is 1.95 bits per heavy atom. The number of aryl methyl sites for hydroxylation is 1. The van der Waals surface area contributed by atoms with E-state index < -0.39 is 11.7 Å². The van der Waals surface area contributed by atoms with Gasteiger partial charge in [0.25, 0.3) is 5.91 Å². The molecule has 2 aromatic carbocycles. The molecule has 10 heteroatoms. The Bertz CT molecular complexity index is 1320. The molecule has 9 nitrogen and oxygen atoms in total. The van der Waals surface area contributed by atoms with E-state index in [2.05, 4.69) is 32.5 Å². The number of amides is 2. The summed E-state index contributed by atoms with van der Waals surface area (Å²) in [5.41, 5.74) is 2.53. The van der Waals surface area contributed by atoms with Gasteiger partial charge in [0.2, 0.25) is 11.9 Å². The normalized spacial score (nSPS) is 10.2. The molecule has 0 atom stereocenters. The fourth-order valence-corrected chi connectivity index (χ4v) is 3.41. The summed E-state index contributed by atoms with van der Waals surface area (Å²) in [4.78, 5) is 34.2. The predicted octanol–water partition coefficient (Wildman–Crippen LogP) is 4.17. The largest absolute Gasteiger partial charge is 0.370 e. The molecular formula is C27H28FN7O2. The summed E-state index contributed by atoms with van der Waals surface area (Å²) in [6, 6.07) is 12.8. The molecule has 2 amide bonds. The number of benzene rings is 2. The summed E-state index contributed by atoms with van der Waals surface area (Å²) in [6.45, 7) is 6.44. The quantitative estimate of drug-likeness (QED) is 0.266. The number of nitrogens with zero attached hydrogens (tertiary/aromatic N) is 4. The lowest BCUT2D eigenvalue weighted by Gasteiger charge is -2.17. The highest BCUT2D eigenvalue weighted by atomic mass is 19.1. The second-order valence-electron chi connectivity index (χ2n) is 8.04. The topological polar surface area (TPSA) is 123 Å². The van der Waals surface area contributed by atoms with E-state index in [1.807, 2.05) is 13.0 Å². The maximum atomic E-state index is 14.3. The first kappa shape index (κ1) is 26.8. The van der Waals surface area contributed by atoms with Crippen LogP contribution in [0.2, 0.25) is 0 Å². The molecule has 37 heavy (non-hydrogen) atoms. The number of nitrogens with one attached hydrogen (secondary N) is 3. The van der Waals surface area contributed by atoms with Crippen molar-refractivity contribution in [3.05, 3.63) is 83.8 Å². The van der Waals surface area contributed by atoms with E-state index in [0.717, 1.165) is 11.6 Å². The lowest BCUT2D eigenvalue weighted by atomic mass is 10.1. The van der Waals surface area contributed by atoms with E-state index in [-0.39, 0.29) is 11.6 Å². The van der Waals surface area contributed by atoms with E-state index >= 15 is 0 Å². The van der Waals surface area contributed by atoms with Gasteiger partial charge in [0.15, 0.2) is 0 Å². The minimum absolute atomic E-state index is 0.0986. The van der Waals surface area contributed by atoms with Gasteiger partial charge >= 0.3 is 0 Å². The molecule has 0 bridgehead atoms. The van der Waals surface area contributed by atoms with Gasteiger partial charge in [-0.25, -0.2) is 9.37 Å². The van der Waals surface area contributed by atoms with Crippen LogP contribution in [0, 0.1) is 17.1 Å². The Morgan fingerprint density at radius 1 is 1.19 bits per heavy atom. The summed E-state index contributed by atoms with van der Waals surface area (Å²) in [6.07, 6.45) is 4.20. The predicted molar refractivity (Wildman–Crippen MR) is 141 cm³/mol. The van der Waals surface area contributed by atoms with Crippen LogP contribution in [0.5, 0.6) is 0 Å². The molecule has 0 fully saturated rings. The Hall–Kier alpha value is -4.78. The molecule has 0 saturated carbocycles. The minimum Gasteiger partial charge on any atom is -0.370 e. The number of carbonyl (C=O) groups is 2. The Kier molecular flexibility index (Phi) is 9.27. The zero-order chi connectivity index (χ0) is 26.8. The average molecular weight is 502 g/mol. The van der Waals surface area contributed by atoms with Gasteiger partial charge in [-0.2, -0.15) is 10.2 Å². The highest BCUT2D eigenvalue weighted by Crippen LogP contribution is 2.25. The van der Waals surface area contributed by atoms with Crippen LogP contribution in [-0.4, -0.2) is 41.9 Å². The fourth-order valence-electron chi connectivity index (χ4n) is 3.41. The maximum Gasteiger partial charge on any atom is 0.251 e. The molecular weight excluding hydrogens is 473 g/mol. The molecule has 0 radical (unpaired) electrons. The standard InChI is InChI=1S/C27H28FN7O2/c1-4-19-17-32-27(33-21-11-12-22(28)23(15-21)35(3)24(36)5-2)34-25(19)30-13-6-14-31-26(37)20-9-7-18(16-29)8-10-20/h5,7-12,15,17H,2,4,6,13-14H2,1,3H3,(H,31,37)(H2,30,32,33,34). The van der Waals surface area contributed by atoms with E-state index in [1.165, 1.54) is 30.1 Å². The van der Waals surface area contributed by atoms with Gasteiger partial charge in [-0.15, -0.1) is 0 Å². The van der Waals surface area contributed by atoms with E-state index in [4.69, 9.17) is 5.26 Å². The van der Waals surface area contributed by atoms with Crippen LogP contribution in [0.15, 0.2) is 61.3 Å². The number of rotatable bonds is 11. The van der Waals surface area contributed by atoms with Gasteiger partial charge < -0.3 is 20.9 Å². The number of aromatic nitrogens is 2. The molecule has 3 aromatic rings. The summed E-state index contributed by atoms with van der Waals surface area (Å²) in [5, 5.41) is 18.0. The van der Waals surface area contributed by atoms with Gasteiger partial charge in [-0.3, -0.25) is 9.59 Å². The second-order valence-corrected chi connectivity index (χ2v) is 8.04. The number of hydrogen-bond acceptors (Lipinski definition) is 7. The third-order valence-corrected chi connectivity index (χ3v) is 5.52. The summed E-state index contributed by atoms with van der Waals surface area (Å²) < 4.78 is 14.3. The van der Waals surface area contributed by atoms with Crippen LogP contribution < -0.4 is 20.9 Å². The molecule has 1 heterocycles. The molecule has 0 aliphatic rings. The van der Waals surface area contributed by atoms with Gasteiger partial charge in [0, 0.05) is 43.1 Å². The molecule has 0 unspecified atom stereocenters. The zero-order valence-corrected chi connectivity index (χ0v) is 20.7. The molecule has 0 aliphatic heterocycles. The van der Waals surface area contributed by atoms with Crippen LogP contribution in [0.1, 0.15) is 34.8 Å². The monoisotopic (exact) mass is 501 g/mol. The number of nitriles is 1. The highest BCUT2D eigenvalue weighted by Gasteiger charge is 2.14. The van der Waals surface area contributed by atoms with Crippen molar-refractivity contribution < 1.29 is 14.0 Å². The lowest BCUT2D eigenvalue weighted by molar-refractivity contribution is -0.113. The number of carbonyl (C=O) groups excluding carboxylic acids is 2. The smallest absolute Gasteiger partial charge is 0.251 e. The van der Waals surface area contributed by atoms with Crippen molar-refractivity contribution in [1.29, 1.82) is 5.26 Å². The van der Waals surface area contributed by atoms with E-state index in [0.29, 0.717) is 54.5 Å². The van der Waals surface area contributed by atoms with Crippen LogP contribution >= 0.6 is 0 Å². The number of hydrogen-bond donors (Lipinski definition) is 3. The third-order valence-electron chi connectivity index (χ3n) is 5.52. The minimum atomic E-state index is -0.542. The van der Waals surface area contributed by atoms with Gasteiger partial charge in [-0.1, -0.05) is 13.5 Å². The summed E-state index contributed by atoms with van der Waals surface area (Å²) in [7, 11) is 1.47. The first-order valence-corrected chi connectivity index (χ1v) is 11.7. The van der Waals surface area contributed by atoms with Crippen molar-refractivity contribution in [2.75, 3.05) is 35.7 Å². The van der Waals surface area contributed by atoms with Gasteiger partial charge in [-0.05, 0) is 61.4 Å². The van der Waals surface area contributed by atoms with E-state index in [1.54, 1.807) is 30.5 Å². The van der Waals surface area contributed by atoms with Crippen LogP contribution in [0.4, 0.5) is 27.5 Å². The molecule has 3 N–H and O–H groups in total. The van der Waals surface area contributed by atoms with Crippen molar-refractivity contribution in [2.45, 2.75) is 19.8 Å². The van der Waals surface area contributed by atoms with Crippen molar-refractivity contribution in [3.8, 4) is 6.07 Å². The Balaban J connectivity index is 1.59. The maximum absolute atomic E-state index is 14.3. The van der Waals surface area contributed by atoms with Crippen LogP contribution in [0.3, 0.4) is 0 Å². The molecule has 1 aromatic heterocycles. The van der Waals surface area contributed by atoms with Gasteiger partial charge in [0.1, 0.15) is 11.6 Å². The molecule has 0 spiro atoms. The second kappa shape index (κ2) is 12.8. The van der Waals surface area contributed by atoms with Crippen molar-refractivity contribution in [3.63, 3.8) is 0 Å². The van der Waals surface area contributed by atoms with Crippen molar-refractivity contribution >= 4 is 35.0 Å². The molecule has 0 aliphatic carbocycles. The number of halogens is 1. The first-order valence-electron chi connectivity index (χ1n) is 11.7. The SMILES string of the molecule is C=CC(=O)N(C)c1cc(Nc2ncc(CC)c(NCCCNC(=O)c3ccc(C#N)cc3)n2)ccc1F. The lowest BCUT2D eigenvalue weighted by Crippen LogP contribution is -2.26. The van der Waals surface area contributed by atoms with Crippen LogP contribution in [0.25, 0.3) is 0 Å². The fraction of sp³-hybridized carbons (Fsp3) is 0.222. The number of likely N-dealkylation sites (N-methyl/N-ethyl adjacent to an activating group) is 1. The summed E-state index contributed by atoms with van der Waals surface area (Å²) in [5.74, 6) is -0.214. The van der Waals surface area contributed by atoms with Crippen LogP contribution in [-0.2, 0) is 11.2 Å². The van der Waals surface area contributed by atoms with E-state index in [9.17, 15) is 14.0 Å². The van der Waals surface area contributed by atoms with Gasteiger partial charge in [0.05, 0.1) is 17.3 Å². The molecule has 190 valence electrons. The number of anilines is 4. The Morgan fingerprint density at radius 3 is 2.62 bits per heavy atom. The van der Waals surface area contributed by atoms with Crippen molar-refractivity contribution in [1.82, 2.24) is 15.3 Å². The third kappa shape index (κ3) is 7.11. The average Bonchev–Trinajstić information content (AvgIpc) is 2.93.